The number of ether oxygens (including phenoxy) is 1. The molecular formula is C13H12BrFN2O2S. The van der Waals surface area contributed by atoms with Crippen molar-refractivity contribution >= 4 is 39.0 Å². The summed E-state index contributed by atoms with van der Waals surface area (Å²) in [5, 5.41) is 3.05. The molecule has 2 aromatic rings. The second-order valence-corrected chi connectivity index (χ2v) is 6.65. The van der Waals surface area contributed by atoms with E-state index in [1.54, 1.807) is 32.2 Å². The lowest BCUT2D eigenvalue weighted by molar-refractivity contribution is 0.130. The minimum Gasteiger partial charge on any atom is -0.447 e. The zero-order chi connectivity index (χ0) is 14.7. The summed E-state index contributed by atoms with van der Waals surface area (Å²) in [6.45, 7) is 3.48. The minimum atomic E-state index is -0.607. The molecule has 1 heterocycles. The number of nitrogens with one attached hydrogen (secondary N) is 1. The molecular weight excluding hydrogens is 347 g/mol. The first-order valence-corrected chi connectivity index (χ1v) is 7.45. The molecule has 0 radical (unpaired) electrons. The molecule has 20 heavy (non-hydrogen) atoms. The van der Waals surface area contributed by atoms with Crippen LogP contribution in [0.5, 0.6) is 0 Å². The van der Waals surface area contributed by atoms with Crippen molar-refractivity contribution in [1.82, 2.24) is 4.98 Å². The number of nitrogens with zero attached hydrogens (tertiary/aromatic N) is 1. The number of halogens is 2. The van der Waals surface area contributed by atoms with Crippen LogP contribution in [-0.4, -0.2) is 17.2 Å². The van der Waals surface area contributed by atoms with Gasteiger partial charge in [0.15, 0.2) is 0 Å². The SMILES string of the molecule is CC(C)OC(=O)Nc1ccc(-c2ncc(Br)s2)c(F)c1. The van der Waals surface area contributed by atoms with Crippen LogP contribution in [-0.2, 0) is 4.74 Å². The van der Waals surface area contributed by atoms with Crippen molar-refractivity contribution in [2.24, 2.45) is 0 Å². The Bertz CT molecular complexity index is 631. The van der Waals surface area contributed by atoms with Gasteiger partial charge in [-0.3, -0.25) is 5.32 Å². The molecule has 0 aliphatic rings. The molecule has 1 amide bonds. The molecule has 4 nitrogen and oxygen atoms in total. The third kappa shape index (κ3) is 3.77. The van der Waals surface area contributed by atoms with Gasteiger partial charge in [0.2, 0.25) is 0 Å². The molecule has 1 N–H and O–H groups in total. The van der Waals surface area contributed by atoms with Crippen molar-refractivity contribution in [2.45, 2.75) is 20.0 Å². The molecule has 0 saturated heterocycles. The minimum absolute atomic E-state index is 0.230. The number of amides is 1. The fourth-order valence-corrected chi connectivity index (χ4v) is 2.74. The van der Waals surface area contributed by atoms with Gasteiger partial charge < -0.3 is 4.74 Å². The Morgan fingerprint density at radius 1 is 1.50 bits per heavy atom. The first-order valence-electron chi connectivity index (χ1n) is 5.84. The largest absolute Gasteiger partial charge is 0.447 e. The third-order valence-corrected chi connectivity index (χ3v) is 3.78. The zero-order valence-electron chi connectivity index (χ0n) is 10.8. The first-order chi connectivity index (χ1) is 9.45. The van der Waals surface area contributed by atoms with Crippen LogP contribution in [0.1, 0.15) is 13.8 Å². The van der Waals surface area contributed by atoms with Gasteiger partial charge in [0.1, 0.15) is 10.8 Å². The number of benzene rings is 1. The molecule has 0 unspecified atom stereocenters. The Labute approximate surface area is 128 Å². The van der Waals surface area contributed by atoms with Gasteiger partial charge in [0.05, 0.1) is 16.1 Å². The van der Waals surface area contributed by atoms with Crippen LogP contribution < -0.4 is 5.32 Å². The fourth-order valence-electron chi connectivity index (χ4n) is 1.51. The summed E-state index contributed by atoms with van der Waals surface area (Å²) in [6.07, 6.45) is 0.780. The van der Waals surface area contributed by atoms with E-state index in [-0.39, 0.29) is 6.10 Å². The molecule has 7 heteroatoms. The number of hydrogen-bond donors (Lipinski definition) is 1. The molecule has 0 fully saturated rings. The van der Waals surface area contributed by atoms with Crippen molar-refractivity contribution in [3.8, 4) is 10.6 Å². The summed E-state index contributed by atoms with van der Waals surface area (Å²) in [6, 6.07) is 4.42. The monoisotopic (exact) mass is 358 g/mol. The summed E-state index contributed by atoms with van der Waals surface area (Å²) in [7, 11) is 0. The van der Waals surface area contributed by atoms with Crippen LogP contribution in [0.25, 0.3) is 10.6 Å². The molecule has 2 rings (SSSR count). The van der Waals surface area contributed by atoms with Crippen LogP contribution in [0.15, 0.2) is 28.2 Å². The molecule has 0 saturated carbocycles. The topological polar surface area (TPSA) is 51.2 Å². The normalized spacial score (nSPS) is 10.7. The Kier molecular flexibility index (Phi) is 4.72. The second-order valence-electron chi connectivity index (χ2n) is 4.24. The lowest BCUT2D eigenvalue weighted by atomic mass is 10.2. The molecule has 1 aromatic heterocycles. The van der Waals surface area contributed by atoms with Gasteiger partial charge in [-0.1, -0.05) is 0 Å². The highest BCUT2D eigenvalue weighted by Gasteiger charge is 2.12. The van der Waals surface area contributed by atoms with Crippen molar-refractivity contribution in [1.29, 1.82) is 0 Å². The van der Waals surface area contributed by atoms with Gasteiger partial charge in [0.25, 0.3) is 0 Å². The van der Waals surface area contributed by atoms with Crippen LogP contribution in [0, 0.1) is 5.82 Å². The number of rotatable bonds is 3. The molecule has 0 aliphatic heterocycles. The molecule has 0 bridgehead atoms. The van der Waals surface area contributed by atoms with E-state index in [1.807, 2.05) is 0 Å². The average molecular weight is 359 g/mol. The predicted octanol–water partition coefficient (Wildman–Crippen LogP) is 4.67. The number of anilines is 1. The molecule has 0 spiro atoms. The summed E-state index contributed by atoms with van der Waals surface area (Å²) in [4.78, 5) is 15.5. The van der Waals surface area contributed by atoms with E-state index in [0.717, 1.165) is 3.79 Å². The summed E-state index contributed by atoms with van der Waals surface area (Å²) in [5.74, 6) is -0.450. The van der Waals surface area contributed by atoms with Crippen molar-refractivity contribution < 1.29 is 13.9 Å². The number of carbonyl (C=O) groups excluding carboxylic acids is 1. The van der Waals surface area contributed by atoms with Gasteiger partial charge in [-0.25, -0.2) is 14.2 Å². The van der Waals surface area contributed by atoms with Gasteiger partial charge >= 0.3 is 6.09 Å². The van der Waals surface area contributed by atoms with E-state index in [4.69, 9.17) is 4.74 Å². The Hall–Kier alpha value is -1.47. The highest BCUT2D eigenvalue weighted by Crippen LogP contribution is 2.31. The van der Waals surface area contributed by atoms with Crippen LogP contribution >= 0.6 is 27.3 Å². The summed E-state index contributed by atoms with van der Waals surface area (Å²) < 4.78 is 19.8. The van der Waals surface area contributed by atoms with E-state index in [1.165, 1.54) is 17.4 Å². The second kappa shape index (κ2) is 6.32. The van der Waals surface area contributed by atoms with E-state index in [2.05, 4.69) is 26.2 Å². The maximum atomic E-state index is 14.0. The number of hydrogen-bond acceptors (Lipinski definition) is 4. The van der Waals surface area contributed by atoms with Gasteiger partial charge in [-0.2, -0.15) is 0 Å². The Morgan fingerprint density at radius 2 is 2.25 bits per heavy atom. The predicted molar refractivity (Wildman–Crippen MR) is 80.4 cm³/mol. The summed E-state index contributed by atoms with van der Waals surface area (Å²) >= 11 is 4.62. The van der Waals surface area contributed by atoms with Crippen molar-refractivity contribution in [3.63, 3.8) is 0 Å². The quantitative estimate of drug-likeness (QED) is 0.867. The van der Waals surface area contributed by atoms with Crippen LogP contribution in [0.3, 0.4) is 0 Å². The van der Waals surface area contributed by atoms with E-state index in [9.17, 15) is 9.18 Å². The first kappa shape index (κ1) is 14.9. The number of thiazole rings is 1. The maximum absolute atomic E-state index is 14.0. The average Bonchev–Trinajstić information content (AvgIpc) is 2.74. The molecule has 106 valence electrons. The number of carbonyl (C=O) groups is 1. The smallest absolute Gasteiger partial charge is 0.411 e. The van der Waals surface area contributed by atoms with Crippen molar-refractivity contribution in [2.75, 3.05) is 5.32 Å². The molecule has 0 aliphatic carbocycles. The van der Waals surface area contributed by atoms with Crippen LogP contribution in [0.4, 0.5) is 14.9 Å². The van der Waals surface area contributed by atoms with Gasteiger partial charge in [-0.05, 0) is 48.0 Å². The van der Waals surface area contributed by atoms with Crippen molar-refractivity contribution in [3.05, 3.63) is 34.0 Å². The van der Waals surface area contributed by atoms with E-state index in [0.29, 0.717) is 16.3 Å². The lowest BCUT2D eigenvalue weighted by Crippen LogP contribution is -2.18. The molecule has 0 atom stereocenters. The standard InChI is InChI=1S/C13H12BrFN2O2S/c1-7(2)19-13(18)17-8-3-4-9(10(15)5-8)12-16-6-11(14)20-12/h3-7H,1-2H3,(H,17,18). The fraction of sp³-hybridized carbons (Fsp3) is 0.231. The third-order valence-electron chi connectivity index (χ3n) is 2.27. The Balaban J connectivity index is 2.16. The zero-order valence-corrected chi connectivity index (χ0v) is 13.2. The van der Waals surface area contributed by atoms with Gasteiger partial charge in [-0.15, -0.1) is 11.3 Å². The lowest BCUT2D eigenvalue weighted by Gasteiger charge is -2.10. The van der Waals surface area contributed by atoms with Crippen LogP contribution in [0.2, 0.25) is 0 Å². The highest BCUT2D eigenvalue weighted by atomic mass is 79.9. The highest BCUT2D eigenvalue weighted by molar-refractivity contribution is 9.11. The van der Waals surface area contributed by atoms with E-state index >= 15 is 0 Å². The van der Waals surface area contributed by atoms with Gasteiger partial charge in [0, 0.05) is 11.3 Å². The maximum Gasteiger partial charge on any atom is 0.411 e. The van der Waals surface area contributed by atoms with E-state index < -0.39 is 11.9 Å². The summed E-state index contributed by atoms with van der Waals surface area (Å²) in [5.41, 5.74) is 0.732. The number of aromatic nitrogens is 1. The molecule has 1 aromatic carbocycles. The Morgan fingerprint density at radius 3 is 2.80 bits per heavy atom.